The van der Waals surface area contributed by atoms with Crippen LogP contribution in [0.1, 0.15) is 18.9 Å². The third-order valence-corrected chi connectivity index (χ3v) is 2.99. The average Bonchev–Trinajstić information content (AvgIpc) is 3.18. The van der Waals surface area contributed by atoms with Gasteiger partial charge in [0.15, 0.2) is 0 Å². The van der Waals surface area contributed by atoms with Crippen LogP contribution in [0.4, 0.5) is 0 Å². The third kappa shape index (κ3) is 3.86. The van der Waals surface area contributed by atoms with E-state index in [1.807, 2.05) is 30.0 Å². The van der Waals surface area contributed by atoms with Crippen molar-refractivity contribution in [2.24, 2.45) is 0 Å². The van der Waals surface area contributed by atoms with Crippen molar-refractivity contribution in [1.29, 1.82) is 0 Å². The number of epoxide rings is 1. The molecule has 1 amide bonds. The van der Waals surface area contributed by atoms with Crippen molar-refractivity contribution in [3.63, 3.8) is 0 Å². The fraction of sp³-hybridized carbons (Fsp3) is 0.500. The Morgan fingerprint density at radius 1 is 1.41 bits per heavy atom. The Hall–Kier alpha value is -1.35. The van der Waals surface area contributed by atoms with E-state index in [1.54, 1.807) is 0 Å². The lowest BCUT2D eigenvalue weighted by molar-refractivity contribution is -0.131. The number of hydrogen-bond acceptors (Lipinski definition) is 2. The lowest BCUT2D eigenvalue weighted by Crippen LogP contribution is -2.35. The van der Waals surface area contributed by atoms with Crippen LogP contribution in [0.5, 0.6) is 0 Å². The monoisotopic (exact) mass is 233 g/mol. The van der Waals surface area contributed by atoms with Gasteiger partial charge in [-0.15, -0.1) is 0 Å². The van der Waals surface area contributed by atoms with Gasteiger partial charge in [-0.3, -0.25) is 4.79 Å². The van der Waals surface area contributed by atoms with Gasteiger partial charge in [0, 0.05) is 19.5 Å². The van der Waals surface area contributed by atoms with E-state index in [-0.39, 0.29) is 12.0 Å². The minimum absolute atomic E-state index is 0.219. The molecule has 0 bridgehead atoms. The zero-order valence-electron chi connectivity index (χ0n) is 10.3. The molecule has 0 spiro atoms. The molecule has 1 atom stereocenters. The second-order valence-corrected chi connectivity index (χ2v) is 4.38. The van der Waals surface area contributed by atoms with Gasteiger partial charge >= 0.3 is 0 Å². The van der Waals surface area contributed by atoms with Gasteiger partial charge in [-0.2, -0.15) is 0 Å². The van der Waals surface area contributed by atoms with E-state index < -0.39 is 0 Å². The molecule has 1 aliphatic heterocycles. The molecular weight excluding hydrogens is 214 g/mol. The molecule has 17 heavy (non-hydrogen) atoms. The first-order valence-corrected chi connectivity index (χ1v) is 6.23. The second-order valence-electron chi connectivity index (χ2n) is 4.38. The highest BCUT2D eigenvalue weighted by Crippen LogP contribution is 2.12. The first kappa shape index (κ1) is 12.1. The molecule has 1 saturated heterocycles. The van der Waals surface area contributed by atoms with Crippen molar-refractivity contribution in [1.82, 2.24) is 4.90 Å². The summed E-state index contributed by atoms with van der Waals surface area (Å²) in [7, 11) is 0. The molecule has 1 aromatic carbocycles. The molecule has 1 aromatic rings. The Morgan fingerprint density at radius 2 is 2.12 bits per heavy atom. The first-order chi connectivity index (χ1) is 8.29. The van der Waals surface area contributed by atoms with E-state index in [1.165, 1.54) is 5.56 Å². The SMILES string of the molecule is CCC(=O)N(CCc1ccccc1)CC1CO1. The highest BCUT2D eigenvalue weighted by Gasteiger charge is 2.27. The van der Waals surface area contributed by atoms with Crippen LogP contribution in [0.3, 0.4) is 0 Å². The number of rotatable bonds is 6. The fourth-order valence-corrected chi connectivity index (χ4v) is 1.87. The highest BCUT2D eigenvalue weighted by molar-refractivity contribution is 5.75. The van der Waals surface area contributed by atoms with Gasteiger partial charge in [-0.05, 0) is 12.0 Å². The minimum Gasteiger partial charge on any atom is -0.371 e. The van der Waals surface area contributed by atoms with E-state index in [4.69, 9.17) is 4.74 Å². The highest BCUT2D eigenvalue weighted by atomic mass is 16.6. The summed E-state index contributed by atoms with van der Waals surface area (Å²) in [6.45, 7) is 4.25. The molecule has 0 saturated carbocycles. The Balaban J connectivity index is 1.86. The van der Waals surface area contributed by atoms with Crippen molar-refractivity contribution < 1.29 is 9.53 Å². The molecule has 0 aliphatic carbocycles. The van der Waals surface area contributed by atoms with Crippen LogP contribution in [-0.4, -0.2) is 36.6 Å². The maximum atomic E-state index is 11.8. The smallest absolute Gasteiger partial charge is 0.222 e. The summed E-state index contributed by atoms with van der Waals surface area (Å²) in [6, 6.07) is 10.3. The first-order valence-electron chi connectivity index (χ1n) is 6.23. The zero-order chi connectivity index (χ0) is 12.1. The van der Waals surface area contributed by atoms with Crippen molar-refractivity contribution >= 4 is 5.91 Å². The van der Waals surface area contributed by atoms with Gasteiger partial charge < -0.3 is 9.64 Å². The van der Waals surface area contributed by atoms with Gasteiger partial charge in [0.2, 0.25) is 5.91 Å². The summed E-state index contributed by atoms with van der Waals surface area (Å²) >= 11 is 0. The summed E-state index contributed by atoms with van der Waals surface area (Å²) in [4.78, 5) is 13.7. The predicted octanol–water partition coefficient (Wildman–Crippen LogP) is 1.87. The summed E-state index contributed by atoms with van der Waals surface area (Å²) in [5, 5.41) is 0. The third-order valence-electron chi connectivity index (χ3n) is 2.99. The van der Waals surface area contributed by atoms with Crippen LogP contribution in [0.2, 0.25) is 0 Å². The molecule has 3 nitrogen and oxygen atoms in total. The van der Waals surface area contributed by atoms with Crippen LogP contribution in [0, 0.1) is 0 Å². The molecule has 0 N–H and O–H groups in total. The Bertz CT molecular complexity index is 360. The molecule has 2 rings (SSSR count). The van der Waals surface area contributed by atoms with Crippen molar-refractivity contribution in [2.75, 3.05) is 19.7 Å². The number of carbonyl (C=O) groups is 1. The summed E-state index contributed by atoms with van der Waals surface area (Å²) < 4.78 is 5.19. The second kappa shape index (κ2) is 5.82. The van der Waals surface area contributed by atoms with Crippen LogP contribution < -0.4 is 0 Å². The molecule has 1 heterocycles. The molecule has 0 aromatic heterocycles. The number of carbonyl (C=O) groups excluding carboxylic acids is 1. The maximum absolute atomic E-state index is 11.8. The maximum Gasteiger partial charge on any atom is 0.222 e. The molecule has 0 radical (unpaired) electrons. The van der Waals surface area contributed by atoms with Crippen molar-refractivity contribution in [2.45, 2.75) is 25.9 Å². The number of hydrogen-bond donors (Lipinski definition) is 0. The normalized spacial score (nSPS) is 17.8. The number of amides is 1. The van der Waals surface area contributed by atoms with Gasteiger partial charge in [0.1, 0.15) is 0 Å². The van der Waals surface area contributed by atoms with Crippen LogP contribution >= 0.6 is 0 Å². The van der Waals surface area contributed by atoms with Crippen molar-refractivity contribution in [3.05, 3.63) is 35.9 Å². The summed E-state index contributed by atoms with van der Waals surface area (Å²) in [6.07, 6.45) is 1.77. The van der Waals surface area contributed by atoms with Gasteiger partial charge in [0.25, 0.3) is 0 Å². The molecule has 1 aliphatic rings. The van der Waals surface area contributed by atoms with Crippen LogP contribution in [0.25, 0.3) is 0 Å². The fourth-order valence-electron chi connectivity index (χ4n) is 1.87. The lowest BCUT2D eigenvalue weighted by atomic mass is 10.1. The molecule has 3 heteroatoms. The van der Waals surface area contributed by atoms with E-state index >= 15 is 0 Å². The summed E-state index contributed by atoms with van der Waals surface area (Å²) in [5.41, 5.74) is 1.28. The van der Waals surface area contributed by atoms with Gasteiger partial charge in [0.05, 0.1) is 12.7 Å². The number of nitrogens with zero attached hydrogens (tertiary/aromatic N) is 1. The lowest BCUT2D eigenvalue weighted by Gasteiger charge is -2.21. The van der Waals surface area contributed by atoms with Gasteiger partial charge in [-0.25, -0.2) is 0 Å². The Morgan fingerprint density at radius 3 is 2.71 bits per heavy atom. The average molecular weight is 233 g/mol. The summed E-state index contributed by atoms with van der Waals surface area (Å²) in [5.74, 6) is 0.219. The zero-order valence-corrected chi connectivity index (χ0v) is 10.3. The predicted molar refractivity (Wildman–Crippen MR) is 66.8 cm³/mol. The quantitative estimate of drug-likeness (QED) is 0.703. The minimum atomic E-state index is 0.219. The number of ether oxygens (including phenoxy) is 1. The number of benzene rings is 1. The standard InChI is InChI=1S/C14H19NO2/c1-2-14(16)15(10-13-11-17-13)9-8-12-6-4-3-5-7-12/h3-7,13H,2,8-11H2,1H3. The van der Waals surface area contributed by atoms with E-state index in [0.29, 0.717) is 6.42 Å². The molecule has 1 fully saturated rings. The molecule has 92 valence electrons. The van der Waals surface area contributed by atoms with E-state index in [0.717, 1.165) is 26.1 Å². The Labute approximate surface area is 102 Å². The van der Waals surface area contributed by atoms with Crippen LogP contribution in [-0.2, 0) is 16.0 Å². The molecular formula is C14H19NO2. The van der Waals surface area contributed by atoms with Crippen LogP contribution in [0.15, 0.2) is 30.3 Å². The van der Waals surface area contributed by atoms with Gasteiger partial charge in [-0.1, -0.05) is 37.3 Å². The Kier molecular flexibility index (Phi) is 4.15. The molecule has 1 unspecified atom stereocenters. The van der Waals surface area contributed by atoms with E-state index in [9.17, 15) is 4.79 Å². The topological polar surface area (TPSA) is 32.8 Å². The van der Waals surface area contributed by atoms with Crippen molar-refractivity contribution in [3.8, 4) is 0 Å². The largest absolute Gasteiger partial charge is 0.371 e. The van der Waals surface area contributed by atoms with E-state index in [2.05, 4.69) is 12.1 Å².